The molecule has 2 rings (SSSR count). The molecule has 1 heterocycles. The van der Waals surface area contributed by atoms with E-state index in [-0.39, 0.29) is 0 Å². The number of hydrogen-bond donors (Lipinski definition) is 1. The van der Waals surface area contributed by atoms with E-state index < -0.39 is 12.8 Å². The van der Waals surface area contributed by atoms with E-state index in [1.807, 2.05) is 6.07 Å². The number of aliphatic hydroxyl groups is 1. The summed E-state index contributed by atoms with van der Waals surface area (Å²) in [5.74, 6) is 0.758. The highest BCUT2D eigenvalue weighted by molar-refractivity contribution is 5.40. The van der Waals surface area contributed by atoms with Gasteiger partial charge in [-0.15, -0.1) is 0 Å². The molecule has 0 radical (unpaired) electrons. The molecule has 0 saturated carbocycles. The van der Waals surface area contributed by atoms with Gasteiger partial charge in [-0.3, -0.25) is 0 Å². The number of alkyl halides is 1. The predicted octanol–water partition coefficient (Wildman–Crippen LogP) is 1.62. The van der Waals surface area contributed by atoms with Gasteiger partial charge in [-0.2, -0.15) is 0 Å². The molecule has 0 spiro atoms. The van der Waals surface area contributed by atoms with Gasteiger partial charge < -0.3 is 9.84 Å². The molecule has 1 aromatic rings. The van der Waals surface area contributed by atoms with Crippen molar-refractivity contribution in [2.75, 3.05) is 13.2 Å². The van der Waals surface area contributed by atoms with Crippen LogP contribution >= 0.6 is 0 Å². The molecule has 1 N–H and O–H groups in total. The molecule has 0 saturated heterocycles. The van der Waals surface area contributed by atoms with E-state index in [0.29, 0.717) is 12.2 Å². The number of rotatable bonds is 2. The third kappa shape index (κ3) is 1.52. The minimum Gasteiger partial charge on any atom is -0.493 e. The second-order valence-electron chi connectivity index (χ2n) is 3.12. The maximum absolute atomic E-state index is 13.0. The number of benzene rings is 1. The first-order valence-electron chi connectivity index (χ1n) is 4.32. The molecule has 1 aromatic carbocycles. The van der Waals surface area contributed by atoms with Gasteiger partial charge in [0.1, 0.15) is 11.9 Å². The zero-order valence-electron chi connectivity index (χ0n) is 7.16. The zero-order valence-corrected chi connectivity index (χ0v) is 7.16. The minimum absolute atomic E-state index is 0.473. The normalized spacial score (nSPS) is 16.5. The smallest absolute Gasteiger partial charge is 0.148 e. The van der Waals surface area contributed by atoms with Gasteiger partial charge in [0.05, 0.1) is 13.2 Å². The topological polar surface area (TPSA) is 29.5 Å². The van der Waals surface area contributed by atoms with Crippen molar-refractivity contribution >= 4 is 0 Å². The molecule has 1 aliphatic heterocycles. The van der Waals surface area contributed by atoms with Gasteiger partial charge in [0.25, 0.3) is 0 Å². The van der Waals surface area contributed by atoms with Crippen LogP contribution in [0.4, 0.5) is 4.39 Å². The first-order valence-corrected chi connectivity index (χ1v) is 4.32. The average molecular weight is 182 g/mol. The maximum Gasteiger partial charge on any atom is 0.148 e. The van der Waals surface area contributed by atoms with E-state index in [0.717, 1.165) is 17.7 Å². The Kier molecular flexibility index (Phi) is 2.19. The van der Waals surface area contributed by atoms with Crippen LogP contribution in [0.5, 0.6) is 5.75 Å². The predicted molar refractivity (Wildman–Crippen MR) is 46.6 cm³/mol. The Morgan fingerprint density at radius 2 is 2.38 bits per heavy atom. The first-order chi connectivity index (χ1) is 6.31. The second kappa shape index (κ2) is 3.34. The Bertz CT molecular complexity index is 312. The Labute approximate surface area is 76.0 Å². The highest BCUT2D eigenvalue weighted by atomic mass is 19.1. The molecule has 70 valence electrons. The Hall–Kier alpha value is -1.09. The largest absolute Gasteiger partial charge is 0.493 e. The molecule has 1 atom stereocenters. The molecule has 1 unspecified atom stereocenters. The highest BCUT2D eigenvalue weighted by Crippen LogP contribution is 2.29. The zero-order chi connectivity index (χ0) is 9.26. The summed E-state index contributed by atoms with van der Waals surface area (Å²) in [4.78, 5) is 0. The summed E-state index contributed by atoms with van der Waals surface area (Å²) < 4.78 is 18.3. The SMILES string of the molecule is OCC(F)c1ccc2c(c1)OCC2. The van der Waals surface area contributed by atoms with Crippen molar-refractivity contribution in [1.29, 1.82) is 0 Å². The summed E-state index contributed by atoms with van der Waals surface area (Å²) in [6.45, 7) is 0.202. The maximum atomic E-state index is 13.0. The van der Waals surface area contributed by atoms with Gasteiger partial charge in [0, 0.05) is 6.42 Å². The standard InChI is InChI=1S/C10H11FO2/c11-9(6-12)8-2-1-7-3-4-13-10(7)5-8/h1-2,5,9,12H,3-4,6H2. The molecule has 1 aliphatic rings. The summed E-state index contributed by atoms with van der Waals surface area (Å²) in [5.41, 5.74) is 1.61. The van der Waals surface area contributed by atoms with Crippen LogP contribution in [0.15, 0.2) is 18.2 Å². The molecular weight excluding hydrogens is 171 g/mol. The summed E-state index contributed by atoms with van der Waals surface area (Å²) in [6.07, 6.45) is -0.402. The minimum atomic E-state index is -1.30. The lowest BCUT2D eigenvalue weighted by Gasteiger charge is -2.06. The lowest BCUT2D eigenvalue weighted by Crippen LogP contribution is -1.97. The van der Waals surface area contributed by atoms with E-state index in [1.165, 1.54) is 0 Å². The van der Waals surface area contributed by atoms with Gasteiger partial charge in [0.15, 0.2) is 0 Å². The second-order valence-corrected chi connectivity index (χ2v) is 3.12. The molecule has 13 heavy (non-hydrogen) atoms. The van der Waals surface area contributed by atoms with Crippen molar-refractivity contribution in [3.8, 4) is 5.75 Å². The Morgan fingerprint density at radius 1 is 1.54 bits per heavy atom. The number of hydrogen-bond acceptors (Lipinski definition) is 2. The van der Waals surface area contributed by atoms with Crippen molar-refractivity contribution in [1.82, 2.24) is 0 Å². The van der Waals surface area contributed by atoms with Gasteiger partial charge >= 0.3 is 0 Å². The Balaban J connectivity index is 2.30. The molecular formula is C10H11FO2. The van der Waals surface area contributed by atoms with Crippen molar-refractivity contribution in [3.05, 3.63) is 29.3 Å². The quantitative estimate of drug-likeness (QED) is 0.753. The first kappa shape index (κ1) is 8.51. The van der Waals surface area contributed by atoms with Crippen LogP contribution < -0.4 is 4.74 Å². The summed E-state index contributed by atoms with van der Waals surface area (Å²) >= 11 is 0. The number of aliphatic hydroxyl groups excluding tert-OH is 1. The third-order valence-electron chi connectivity index (χ3n) is 2.24. The van der Waals surface area contributed by atoms with E-state index in [9.17, 15) is 4.39 Å². The van der Waals surface area contributed by atoms with E-state index in [1.54, 1.807) is 12.1 Å². The lowest BCUT2D eigenvalue weighted by molar-refractivity contribution is 0.179. The van der Waals surface area contributed by atoms with Crippen LogP contribution in [-0.2, 0) is 6.42 Å². The van der Waals surface area contributed by atoms with Crippen LogP contribution in [0.25, 0.3) is 0 Å². The van der Waals surface area contributed by atoms with Crippen molar-refractivity contribution < 1.29 is 14.2 Å². The van der Waals surface area contributed by atoms with Crippen LogP contribution in [0.1, 0.15) is 17.3 Å². The fourth-order valence-corrected chi connectivity index (χ4v) is 1.48. The fraction of sp³-hybridized carbons (Fsp3) is 0.400. The molecule has 0 bridgehead atoms. The summed E-state index contributed by atoms with van der Waals surface area (Å²) in [7, 11) is 0. The van der Waals surface area contributed by atoms with Crippen molar-refractivity contribution in [2.45, 2.75) is 12.6 Å². The molecule has 2 nitrogen and oxygen atoms in total. The molecule has 0 aromatic heterocycles. The fourth-order valence-electron chi connectivity index (χ4n) is 1.48. The monoisotopic (exact) mass is 182 g/mol. The molecule has 0 fully saturated rings. The molecule has 3 heteroatoms. The van der Waals surface area contributed by atoms with Crippen LogP contribution in [0.2, 0.25) is 0 Å². The van der Waals surface area contributed by atoms with Crippen LogP contribution in [-0.4, -0.2) is 18.3 Å². The van der Waals surface area contributed by atoms with Gasteiger partial charge in [-0.05, 0) is 17.2 Å². The molecule has 0 aliphatic carbocycles. The van der Waals surface area contributed by atoms with E-state index in [4.69, 9.17) is 9.84 Å². The van der Waals surface area contributed by atoms with E-state index in [2.05, 4.69) is 0 Å². The lowest BCUT2D eigenvalue weighted by atomic mass is 10.1. The van der Waals surface area contributed by atoms with Crippen molar-refractivity contribution in [3.63, 3.8) is 0 Å². The van der Waals surface area contributed by atoms with Gasteiger partial charge in [-0.1, -0.05) is 12.1 Å². The molecule has 0 amide bonds. The summed E-state index contributed by atoms with van der Waals surface area (Å²) in [5, 5.41) is 8.62. The average Bonchev–Trinajstić information content (AvgIpc) is 2.63. The van der Waals surface area contributed by atoms with Gasteiger partial charge in [-0.25, -0.2) is 4.39 Å². The van der Waals surface area contributed by atoms with Crippen molar-refractivity contribution in [2.24, 2.45) is 0 Å². The number of fused-ring (bicyclic) bond motifs is 1. The third-order valence-corrected chi connectivity index (χ3v) is 2.24. The summed E-state index contributed by atoms with van der Waals surface area (Å²) in [6, 6.07) is 5.23. The van der Waals surface area contributed by atoms with E-state index >= 15 is 0 Å². The highest BCUT2D eigenvalue weighted by Gasteiger charge is 2.15. The number of ether oxygens (including phenoxy) is 1. The van der Waals surface area contributed by atoms with Crippen LogP contribution in [0.3, 0.4) is 0 Å². The van der Waals surface area contributed by atoms with Crippen LogP contribution in [0, 0.1) is 0 Å². The number of halogens is 1. The Morgan fingerprint density at radius 3 is 3.15 bits per heavy atom. The van der Waals surface area contributed by atoms with Gasteiger partial charge in [0.2, 0.25) is 0 Å².